The molecule has 3 rings (SSSR count). The monoisotopic (exact) mass is 327 g/mol. The molecular weight excluding hydrogens is 306 g/mol. The van der Waals surface area contributed by atoms with Crippen LogP contribution >= 0.6 is 0 Å². The number of likely N-dealkylation sites (N-methyl/N-ethyl adjacent to an activating group) is 1. The van der Waals surface area contributed by atoms with Crippen LogP contribution < -0.4 is 9.64 Å². The molecule has 0 atom stereocenters. The van der Waals surface area contributed by atoms with Crippen molar-refractivity contribution in [2.75, 3.05) is 38.1 Å². The Morgan fingerprint density at radius 1 is 1.08 bits per heavy atom. The Balaban J connectivity index is 1.83. The average molecular weight is 327 g/mol. The molecule has 0 aliphatic carbocycles. The minimum Gasteiger partial charge on any atom is -0.486 e. The van der Waals surface area contributed by atoms with E-state index in [1.165, 1.54) is 6.07 Å². The molecule has 1 aliphatic heterocycles. The van der Waals surface area contributed by atoms with Gasteiger partial charge in [0.2, 0.25) is 0 Å². The molecule has 0 N–H and O–H groups in total. The van der Waals surface area contributed by atoms with Gasteiger partial charge in [-0.15, -0.1) is 0 Å². The van der Waals surface area contributed by atoms with Crippen LogP contribution in [0.5, 0.6) is 5.75 Å². The molecule has 0 aromatic heterocycles. The lowest BCUT2D eigenvalue weighted by molar-refractivity contribution is -0.384. The van der Waals surface area contributed by atoms with E-state index in [0.29, 0.717) is 12.4 Å². The maximum Gasteiger partial charge on any atom is 0.273 e. The second kappa shape index (κ2) is 7.31. The van der Waals surface area contributed by atoms with Crippen LogP contribution in [0.3, 0.4) is 0 Å². The Hall–Kier alpha value is -2.60. The van der Waals surface area contributed by atoms with Gasteiger partial charge < -0.3 is 14.5 Å². The van der Waals surface area contributed by atoms with E-state index in [1.54, 1.807) is 12.1 Å². The molecular formula is C18H21N3O3. The Labute approximate surface area is 141 Å². The molecule has 0 saturated carbocycles. The summed E-state index contributed by atoms with van der Waals surface area (Å²) < 4.78 is 5.93. The summed E-state index contributed by atoms with van der Waals surface area (Å²) in [5.41, 5.74) is 2.01. The van der Waals surface area contributed by atoms with Crippen LogP contribution in [-0.2, 0) is 6.61 Å². The highest BCUT2D eigenvalue weighted by atomic mass is 16.6. The molecule has 1 aliphatic rings. The smallest absolute Gasteiger partial charge is 0.273 e. The van der Waals surface area contributed by atoms with Gasteiger partial charge in [0.1, 0.15) is 12.4 Å². The average Bonchev–Trinajstić information content (AvgIpc) is 2.61. The van der Waals surface area contributed by atoms with Gasteiger partial charge in [-0.2, -0.15) is 0 Å². The minimum atomic E-state index is -0.386. The summed E-state index contributed by atoms with van der Waals surface area (Å²) in [5.74, 6) is 0.567. The fraction of sp³-hybridized carbons (Fsp3) is 0.333. The second-order valence-corrected chi connectivity index (χ2v) is 5.97. The zero-order chi connectivity index (χ0) is 16.9. The van der Waals surface area contributed by atoms with Gasteiger partial charge in [0.25, 0.3) is 5.69 Å². The normalized spacial score (nSPS) is 15.3. The largest absolute Gasteiger partial charge is 0.486 e. The number of ether oxygens (including phenoxy) is 1. The molecule has 1 heterocycles. The lowest BCUT2D eigenvalue weighted by Gasteiger charge is -2.34. The van der Waals surface area contributed by atoms with E-state index >= 15 is 0 Å². The molecule has 0 radical (unpaired) electrons. The van der Waals surface area contributed by atoms with E-state index in [1.807, 2.05) is 30.3 Å². The summed E-state index contributed by atoms with van der Waals surface area (Å²) in [6.45, 7) is 4.10. The van der Waals surface area contributed by atoms with E-state index in [2.05, 4.69) is 16.8 Å². The third-order valence-corrected chi connectivity index (χ3v) is 4.24. The fourth-order valence-electron chi connectivity index (χ4n) is 2.78. The molecule has 126 valence electrons. The first-order chi connectivity index (χ1) is 11.6. The Morgan fingerprint density at radius 3 is 2.46 bits per heavy atom. The number of nitro groups is 1. The van der Waals surface area contributed by atoms with Gasteiger partial charge in [-0.25, -0.2) is 0 Å². The van der Waals surface area contributed by atoms with Gasteiger partial charge in [0, 0.05) is 32.2 Å². The SMILES string of the molecule is CN1CCN(c2ccc([N+](=O)[O-])cc2OCc2ccccc2)CC1. The van der Waals surface area contributed by atoms with Gasteiger partial charge in [0.15, 0.2) is 0 Å². The van der Waals surface area contributed by atoms with Crippen LogP contribution in [0.2, 0.25) is 0 Å². The molecule has 0 unspecified atom stereocenters. The van der Waals surface area contributed by atoms with Gasteiger partial charge in [-0.05, 0) is 18.7 Å². The van der Waals surface area contributed by atoms with Gasteiger partial charge in [-0.3, -0.25) is 10.1 Å². The number of non-ortho nitro benzene ring substituents is 1. The lowest BCUT2D eigenvalue weighted by Crippen LogP contribution is -2.44. The van der Waals surface area contributed by atoms with Crippen molar-refractivity contribution in [1.29, 1.82) is 0 Å². The van der Waals surface area contributed by atoms with Crippen molar-refractivity contribution in [2.24, 2.45) is 0 Å². The van der Waals surface area contributed by atoms with E-state index in [4.69, 9.17) is 4.74 Å². The number of piperazine rings is 1. The Morgan fingerprint density at radius 2 is 1.79 bits per heavy atom. The Bertz CT molecular complexity index is 698. The summed E-state index contributed by atoms with van der Waals surface area (Å²) in [6, 6.07) is 14.7. The summed E-state index contributed by atoms with van der Waals surface area (Å²) in [7, 11) is 2.10. The Kier molecular flexibility index (Phi) is 4.96. The highest BCUT2D eigenvalue weighted by Gasteiger charge is 2.20. The zero-order valence-corrected chi connectivity index (χ0v) is 13.7. The lowest BCUT2D eigenvalue weighted by atomic mass is 10.2. The van der Waals surface area contributed by atoms with Crippen molar-refractivity contribution in [1.82, 2.24) is 4.90 Å². The van der Waals surface area contributed by atoms with Gasteiger partial charge in [0.05, 0.1) is 16.7 Å². The van der Waals surface area contributed by atoms with Crippen molar-refractivity contribution in [3.63, 3.8) is 0 Å². The zero-order valence-electron chi connectivity index (χ0n) is 13.7. The molecule has 0 amide bonds. The highest BCUT2D eigenvalue weighted by molar-refractivity contribution is 5.62. The first kappa shape index (κ1) is 16.3. The summed E-state index contributed by atoms with van der Waals surface area (Å²) >= 11 is 0. The maximum atomic E-state index is 11.1. The quantitative estimate of drug-likeness (QED) is 0.624. The molecule has 0 spiro atoms. The van der Waals surface area contributed by atoms with Crippen molar-refractivity contribution in [2.45, 2.75) is 6.61 Å². The maximum absolute atomic E-state index is 11.1. The van der Waals surface area contributed by atoms with Crippen LogP contribution in [0.4, 0.5) is 11.4 Å². The summed E-state index contributed by atoms with van der Waals surface area (Å²) in [5, 5.41) is 11.1. The van der Waals surface area contributed by atoms with E-state index in [9.17, 15) is 10.1 Å². The summed E-state index contributed by atoms with van der Waals surface area (Å²) in [4.78, 5) is 15.2. The molecule has 1 saturated heterocycles. The van der Waals surface area contributed by atoms with Crippen LogP contribution in [0, 0.1) is 10.1 Å². The standard InChI is InChI=1S/C18H21N3O3/c1-19-9-11-20(12-10-19)17-8-7-16(21(22)23)13-18(17)24-14-15-5-3-2-4-6-15/h2-8,13H,9-12,14H2,1H3. The number of hydrogen-bond acceptors (Lipinski definition) is 5. The first-order valence-corrected chi connectivity index (χ1v) is 8.02. The molecule has 1 fully saturated rings. The van der Waals surface area contributed by atoms with Crippen LogP contribution in [0.15, 0.2) is 48.5 Å². The highest BCUT2D eigenvalue weighted by Crippen LogP contribution is 2.33. The first-order valence-electron chi connectivity index (χ1n) is 8.02. The molecule has 6 heteroatoms. The number of benzene rings is 2. The minimum absolute atomic E-state index is 0.0518. The third kappa shape index (κ3) is 3.83. The fourth-order valence-corrected chi connectivity index (χ4v) is 2.78. The third-order valence-electron chi connectivity index (χ3n) is 4.24. The van der Waals surface area contributed by atoms with Crippen LogP contribution in [0.1, 0.15) is 5.56 Å². The van der Waals surface area contributed by atoms with Crippen LogP contribution in [0.25, 0.3) is 0 Å². The molecule has 2 aromatic rings. The van der Waals surface area contributed by atoms with E-state index < -0.39 is 0 Å². The van der Waals surface area contributed by atoms with Crippen LogP contribution in [-0.4, -0.2) is 43.0 Å². The molecule has 24 heavy (non-hydrogen) atoms. The van der Waals surface area contributed by atoms with Crippen molar-refractivity contribution in [3.8, 4) is 5.75 Å². The molecule has 2 aromatic carbocycles. The summed E-state index contributed by atoms with van der Waals surface area (Å²) in [6.07, 6.45) is 0. The van der Waals surface area contributed by atoms with Gasteiger partial charge in [-0.1, -0.05) is 30.3 Å². The number of nitrogens with zero attached hydrogens (tertiary/aromatic N) is 3. The van der Waals surface area contributed by atoms with Crippen molar-refractivity contribution in [3.05, 3.63) is 64.2 Å². The van der Waals surface area contributed by atoms with Gasteiger partial charge >= 0.3 is 0 Å². The van der Waals surface area contributed by atoms with E-state index in [0.717, 1.165) is 37.4 Å². The van der Waals surface area contributed by atoms with E-state index in [-0.39, 0.29) is 10.6 Å². The topological polar surface area (TPSA) is 58.9 Å². The van der Waals surface area contributed by atoms with Crippen molar-refractivity contribution >= 4 is 11.4 Å². The number of hydrogen-bond donors (Lipinski definition) is 0. The molecule has 6 nitrogen and oxygen atoms in total. The number of rotatable bonds is 5. The molecule has 0 bridgehead atoms. The number of nitro benzene ring substituents is 1. The predicted molar refractivity (Wildman–Crippen MR) is 93.6 cm³/mol. The number of anilines is 1. The predicted octanol–water partition coefficient (Wildman–Crippen LogP) is 2.93. The van der Waals surface area contributed by atoms with Crippen molar-refractivity contribution < 1.29 is 9.66 Å². The second-order valence-electron chi connectivity index (χ2n) is 5.97.